The first kappa shape index (κ1) is 19.8. The molecular weight excluding hydrogens is 390 g/mol. The lowest BCUT2D eigenvalue weighted by molar-refractivity contribution is 0.0776. The van der Waals surface area contributed by atoms with Crippen molar-refractivity contribution in [2.24, 2.45) is 0 Å². The molecule has 2 unspecified atom stereocenters. The number of methoxy groups -OCH3 is 2. The van der Waals surface area contributed by atoms with Gasteiger partial charge in [-0.1, -0.05) is 12.1 Å². The number of fused-ring (bicyclic) bond motifs is 1. The summed E-state index contributed by atoms with van der Waals surface area (Å²) in [7, 11) is 5.16. The second-order valence-corrected chi connectivity index (χ2v) is 8.00. The van der Waals surface area contributed by atoms with E-state index >= 15 is 0 Å². The lowest BCUT2D eigenvalue weighted by Gasteiger charge is -2.20. The van der Waals surface area contributed by atoms with Crippen LogP contribution >= 0.6 is 11.3 Å². The number of carbonyl (C=O) groups excluding carboxylic acids is 1. The Balaban J connectivity index is 1.52. The second-order valence-electron chi connectivity index (χ2n) is 7.16. The van der Waals surface area contributed by atoms with Gasteiger partial charge in [-0.25, -0.2) is 4.98 Å². The summed E-state index contributed by atoms with van der Waals surface area (Å²) in [6.07, 6.45) is 2.81. The Hall–Kier alpha value is -2.46. The number of aromatic nitrogens is 2. The first-order chi connectivity index (χ1) is 14.1. The van der Waals surface area contributed by atoms with E-state index in [2.05, 4.69) is 15.8 Å². The summed E-state index contributed by atoms with van der Waals surface area (Å²) in [6, 6.07) is 8.19. The van der Waals surface area contributed by atoms with Crippen LogP contribution in [0.15, 0.2) is 35.8 Å². The van der Waals surface area contributed by atoms with Crippen LogP contribution in [0.25, 0.3) is 16.2 Å². The van der Waals surface area contributed by atoms with Crippen LogP contribution < -0.4 is 15.6 Å². The molecule has 9 heteroatoms. The van der Waals surface area contributed by atoms with Gasteiger partial charge in [0.05, 0.1) is 19.4 Å². The smallest absolute Gasteiger partial charge is 0.271 e. The number of nitrogens with zero attached hydrogens (tertiary/aromatic N) is 3. The molecule has 3 aromatic rings. The van der Waals surface area contributed by atoms with Crippen molar-refractivity contribution in [3.05, 3.63) is 41.5 Å². The lowest BCUT2D eigenvalue weighted by Crippen LogP contribution is -2.42. The van der Waals surface area contributed by atoms with Crippen LogP contribution in [-0.2, 0) is 4.74 Å². The number of hydrazine groups is 1. The molecule has 8 nitrogen and oxygen atoms in total. The van der Waals surface area contributed by atoms with Gasteiger partial charge in [0.1, 0.15) is 11.4 Å². The van der Waals surface area contributed by atoms with Gasteiger partial charge in [-0.05, 0) is 18.6 Å². The molecule has 0 bridgehead atoms. The van der Waals surface area contributed by atoms with Crippen molar-refractivity contribution >= 4 is 22.2 Å². The number of rotatable bonds is 7. The number of carbonyl (C=O) groups is 1. The summed E-state index contributed by atoms with van der Waals surface area (Å²) >= 11 is 1.46. The molecular formula is C20H25N5O3S. The number of benzene rings is 1. The first-order valence-electron chi connectivity index (χ1n) is 9.46. The molecule has 0 aliphatic carbocycles. The molecule has 1 fully saturated rings. The lowest BCUT2D eigenvalue weighted by atomic mass is 10.1. The van der Waals surface area contributed by atoms with Gasteiger partial charge in [0, 0.05) is 49.9 Å². The van der Waals surface area contributed by atoms with Crippen molar-refractivity contribution in [2.45, 2.75) is 18.5 Å². The summed E-state index contributed by atoms with van der Waals surface area (Å²) in [5, 5.41) is 1.86. The average molecular weight is 416 g/mol. The maximum atomic E-state index is 13.1. The van der Waals surface area contributed by atoms with Crippen LogP contribution in [0.4, 0.5) is 0 Å². The highest BCUT2D eigenvalue weighted by molar-refractivity contribution is 7.15. The van der Waals surface area contributed by atoms with Crippen molar-refractivity contribution in [2.75, 3.05) is 34.4 Å². The Labute approximate surface area is 173 Å². The number of amides is 1. The van der Waals surface area contributed by atoms with Gasteiger partial charge < -0.3 is 14.4 Å². The van der Waals surface area contributed by atoms with Crippen molar-refractivity contribution < 1.29 is 14.3 Å². The third-order valence-electron chi connectivity index (χ3n) is 5.08. The molecule has 3 heterocycles. The highest BCUT2D eigenvalue weighted by Crippen LogP contribution is 2.30. The zero-order valence-corrected chi connectivity index (χ0v) is 17.5. The third kappa shape index (κ3) is 3.99. The predicted molar refractivity (Wildman–Crippen MR) is 112 cm³/mol. The van der Waals surface area contributed by atoms with E-state index in [-0.39, 0.29) is 18.0 Å². The fraction of sp³-hybridized carbons (Fsp3) is 0.400. The predicted octanol–water partition coefficient (Wildman–Crippen LogP) is 2.02. The van der Waals surface area contributed by atoms with Gasteiger partial charge in [0.15, 0.2) is 4.96 Å². The zero-order chi connectivity index (χ0) is 20.4. The molecule has 2 aromatic heterocycles. The van der Waals surface area contributed by atoms with Gasteiger partial charge in [-0.3, -0.25) is 20.0 Å². The van der Waals surface area contributed by atoms with Crippen LogP contribution in [0.2, 0.25) is 0 Å². The zero-order valence-electron chi connectivity index (χ0n) is 16.7. The highest BCUT2D eigenvalue weighted by atomic mass is 32.1. The van der Waals surface area contributed by atoms with Gasteiger partial charge >= 0.3 is 0 Å². The number of hydrogen-bond acceptors (Lipinski definition) is 7. The van der Waals surface area contributed by atoms with Crippen LogP contribution in [0.1, 0.15) is 16.9 Å². The van der Waals surface area contributed by atoms with Crippen molar-refractivity contribution in [1.82, 2.24) is 25.1 Å². The molecule has 154 valence electrons. The topological polar surface area (TPSA) is 80.1 Å². The molecule has 0 saturated carbocycles. The maximum Gasteiger partial charge on any atom is 0.271 e. The number of nitrogens with one attached hydrogen (secondary N) is 2. The Bertz CT molecular complexity index is 1000. The van der Waals surface area contributed by atoms with Crippen molar-refractivity contribution in [3.63, 3.8) is 0 Å². The summed E-state index contributed by atoms with van der Waals surface area (Å²) in [4.78, 5) is 20.3. The summed E-state index contributed by atoms with van der Waals surface area (Å²) in [5.41, 5.74) is 8.76. The van der Waals surface area contributed by atoms with E-state index < -0.39 is 0 Å². The number of para-hydroxylation sites is 1. The number of hydrogen-bond donors (Lipinski definition) is 2. The fourth-order valence-corrected chi connectivity index (χ4v) is 4.51. The Morgan fingerprint density at radius 3 is 2.90 bits per heavy atom. The van der Waals surface area contributed by atoms with E-state index in [1.807, 2.05) is 47.3 Å². The first-order valence-corrected chi connectivity index (χ1v) is 10.3. The van der Waals surface area contributed by atoms with Crippen molar-refractivity contribution in [1.29, 1.82) is 0 Å². The highest BCUT2D eigenvalue weighted by Gasteiger charge is 2.27. The van der Waals surface area contributed by atoms with Gasteiger partial charge in [-0.2, -0.15) is 0 Å². The molecule has 1 saturated heterocycles. The molecule has 1 aliphatic heterocycles. The van der Waals surface area contributed by atoms with E-state index in [0.717, 1.165) is 28.4 Å². The van der Waals surface area contributed by atoms with Gasteiger partial charge in [0.25, 0.3) is 5.91 Å². The third-order valence-corrected chi connectivity index (χ3v) is 5.92. The largest absolute Gasteiger partial charge is 0.496 e. The molecule has 2 atom stereocenters. The van der Waals surface area contributed by atoms with E-state index in [9.17, 15) is 4.79 Å². The van der Waals surface area contributed by atoms with E-state index in [1.165, 1.54) is 11.3 Å². The van der Waals surface area contributed by atoms with Gasteiger partial charge in [-0.15, -0.1) is 11.3 Å². The molecule has 2 N–H and O–H groups in total. The standard InChI is InChI=1S/C20H25N5O3S/c1-24(9-13-8-14(11-27-2)23-22-13)19(26)17-12-29-20-21-16(10-25(17)20)15-6-4-5-7-18(15)28-3/h4-7,10,12-14,22-23H,8-9,11H2,1-3H3. The molecule has 1 aliphatic rings. The van der Waals surface area contributed by atoms with Gasteiger partial charge in [0.2, 0.25) is 0 Å². The Morgan fingerprint density at radius 1 is 1.31 bits per heavy atom. The van der Waals surface area contributed by atoms with Crippen molar-refractivity contribution in [3.8, 4) is 17.0 Å². The summed E-state index contributed by atoms with van der Waals surface area (Å²) in [6.45, 7) is 1.25. The molecule has 0 spiro atoms. The SMILES string of the molecule is COCC1CC(CN(C)C(=O)c2csc3nc(-c4ccccc4OC)cn23)NN1. The maximum absolute atomic E-state index is 13.1. The van der Waals surface area contributed by atoms with Crippen LogP contribution in [0, 0.1) is 0 Å². The van der Waals surface area contributed by atoms with E-state index in [4.69, 9.17) is 9.47 Å². The van der Waals surface area contributed by atoms with E-state index in [1.54, 1.807) is 19.1 Å². The van der Waals surface area contributed by atoms with Crippen LogP contribution in [-0.4, -0.2) is 66.7 Å². The number of thiazole rings is 1. The monoisotopic (exact) mass is 415 g/mol. The quantitative estimate of drug-likeness (QED) is 0.615. The number of likely N-dealkylation sites (N-methyl/N-ethyl adjacent to an activating group) is 1. The summed E-state index contributed by atoms with van der Waals surface area (Å²) < 4.78 is 12.5. The molecule has 4 rings (SSSR count). The minimum Gasteiger partial charge on any atom is -0.496 e. The molecule has 1 amide bonds. The second kappa shape index (κ2) is 8.50. The minimum atomic E-state index is -0.0304. The average Bonchev–Trinajstić information content (AvgIpc) is 3.43. The number of imidazole rings is 1. The normalized spacial score (nSPS) is 19.0. The number of ether oxygens (including phenoxy) is 2. The van der Waals surface area contributed by atoms with Crippen LogP contribution in [0.3, 0.4) is 0 Å². The fourth-order valence-electron chi connectivity index (χ4n) is 3.66. The Kier molecular flexibility index (Phi) is 5.81. The minimum absolute atomic E-state index is 0.0304. The summed E-state index contributed by atoms with van der Waals surface area (Å²) in [5.74, 6) is 0.728. The van der Waals surface area contributed by atoms with E-state index in [0.29, 0.717) is 18.8 Å². The molecule has 1 aromatic carbocycles. The molecule has 0 radical (unpaired) electrons. The Morgan fingerprint density at radius 2 is 2.10 bits per heavy atom. The molecule has 29 heavy (non-hydrogen) atoms. The van der Waals surface area contributed by atoms with Crippen LogP contribution in [0.5, 0.6) is 5.75 Å².